The fraction of sp³-hybridized carbons (Fsp3) is 0.143. The number of anilines is 2. The number of methoxy groups -OCH3 is 1. The summed E-state index contributed by atoms with van der Waals surface area (Å²) in [5, 5.41) is 0.666. The molecule has 11 heteroatoms. The van der Waals surface area contributed by atoms with Gasteiger partial charge in [0.2, 0.25) is 0 Å². The number of fused-ring (bicyclic) bond motifs is 1. The van der Waals surface area contributed by atoms with Crippen LogP contribution in [0.15, 0.2) is 70.5 Å². The normalized spacial score (nSPS) is 13.7. The van der Waals surface area contributed by atoms with Gasteiger partial charge in [-0.3, -0.25) is 9.03 Å². The molecular weight excluding hydrogens is 495 g/mol. The first-order valence-corrected chi connectivity index (χ1v) is 13.1. The average Bonchev–Trinajstić information content (AvgIpc) is 3.18. The van der Waals surface area contributed by atoms with Gasteiger partial charge in [-0.1, -0.05) is 29.3 Å². The summed E-state index contributed by atoms with van der Waals surface area (Å²) < 4.78 is 61.2. The Hall–Kier alpha value is -2.46. The summed E-state index contributed by atoms with van der Waals surface area (Å²) >= 11 is 11.8. The second-order valence-corrected chi connectivity index (χ2v) is 11.4. The van der Waals surface area contributed by atoms with Gasteiger partial charge in [-0.15, -0.1) is 0 Å². The molecule has 0 fully saturated rings. The highest BCUT2D eigenvalue weighted by molar-refractivity contribution is 7.93. The number of nitrogens with one attached hydrogen (secondary N) is 1. The first-order valence-electron chi connectivity index (χ1n) is 9.39. The lowest BCUT2D eigenvalue weighted by molar-refractivity contribution is 0.403. The molecule has 32 heavy (non-hydrogen) atoms. The zero-order valence-corrected chi connectivity index (χ0v) is 19.9. The second-order valence-electron chi connectivity index (χ2n) is 7.03. The van der Waals surface area contributed by atoms with E-state index in [1.54, 1.807) is 12.1 Å². The SMILES string of the molecule is COc1ccc(Cl)cc1S(=O)(=O)Nc1ccc2c(c1)N(S(=O)(=O)c1ccc(Cl)cc1)CC2. The maximum Gasteiger partial charge on any atom is 0.265 e. The molecule has 1 aliphatic rings. The molecule has 0 spiro atoms. The first-order chi connectivity index (χ1) is 15.1. The van der Waals surface area contributed by atoms with Crippen molar-refractivity contribution >= 4 is 54.6 Å². The van der Waals surface area contributed by atoms with Crippen LogP contribution in [0.25, 0.3) is 0 Å². The van der Waals surface area contributed by atoms with E-state index < -0.39 is 20.0 Å². The first kappa shape index (κ1) is 22.7. The molecule has 1 aliphatic heterocycles. The number of benzene rings is 3. The van der Waals surface area contributed by atoms with Crippen molar-refractivity contribution in [2.24, 2.45) is 0 Å². The molecule has 7 nitrogen and oxygen atoms in total. The molecule has 168 valence electrons. The van der Waals surface area contributed by atoms with E-state index in [9.17, 15) is 16.8 Å². The summed E-state index contributed by atoms with van der Waals surface area (Å²) in [5.41, 5.74) is 1.42. The topological polar surface area (TPSA) is 92.8 Å². The van der Waals surface area contributed by atoms with Gasteiger partial charge in [0.1, 0.15) is 10.6 Å². The van der Waals surface area contributed by atoms with Crippen LogP contribution in [0.3, 0.4) is 0 Å². The predicted molar refractivity (Wildman–Crippen MR) is 125 cm³/mol. The Morgan fingerprint density at radius 3 is 2.28 bits per heavy atom. The molecule has 0 aliphatic carbocycles. The summed E-state index contributed by atoms with van der Waals surface area (Å²) in [5.74, 6) is 0.134. The largest absolute Gasteiger partial charge is 0.495 e. The van der Waals surface area contributed by atoms with Crippen molar-refractivity contribution in [3.63, 3.8) is 0 Å². The van der Waals surface area contributed by atoms with E-state index >= 15 is 0 Å². The number of rotatable bonds is 6. The minimum atomic E-state index is -4.05. The highest BCUT2D eigenvalue weighted by Crippen LogP contribution is 2.36. The molecule has 3 aromatic rings. The number of nitrogens with zero attached hydrogens (tertiary/aromatic N) is 1. The van der Waals surface area contributed by atoms with Gasteiger partial charge >= 0.3 is 0 Å². The van der Waals surface area contributed by atoms with Crippen molar-refractivity contribution in [1.29, 1.82) is 0 Å². The van der Waals surface area contributed by atoms with Gasteiger partial charge in [0.15, 0.2) is 0 Å². The molecule has 1 N–H and O–H groups in total. The van der Waals surface area contributed by atoms with Gasteiger partial charge in [0, 0.05) is 16.6 Å². The van der Waals surface area contributed by atoms with Crippen LogP contribution < -0.4 is 13.8 Å². The fourth-order valence-electron chi connectivity index (χ4n) is 3.47. The molecule has 0 atom stereocenters. The van der Waals surface area contributed by atoms with Crippen molar-refractivity contribution in [1.82, 2.24) is 0 Å². The van der Waals surface area contributed by atoms with Crippen LogP contribution in [-0.4, -0.2) is 30.5 Å². The zero-order valence-electron chi connectivity index (χ0n) is 16.7. The van der Waals surface area contributed by atoms with Crippen molar-refractivity contribution in [2.75, 3.05) is 22.7 Å². The Balaban J connectivity index is 1.69. The summed E-state index contributed by atoms with van der Waals surface area (Å²) in [4.78, 5) is -0.0250. The molecule has 0 aromatic heterocycles. The molecule has 0 unspecified atom stereocenters. The number of ether oxygens (including phenoxy) is 1. The van der Waals surface area contributed by atoms with Crippen LogP contribution >= 0.6 is 23.2 Å². The Morgan fingerprint density at radius 2 is 1.59 bits per heavy atom. The monoisotopic (exact) mass is 512 g/mol. The van der Waals surface area contributed by atoms with E-state index in [1.807, 2.05) is 0 Å². The summed E-state index contributed by atoms with van der Waals surface area (Å²) in [6, 6.07) is 15.0. The van der Waals surface area contributed by atoms with Crippen molar-refractivity contribution in [3.05, 3.63) is 76.3 Å². The minimum absolute atomic E-state index is 0.101. The maximum absolute atomic E-state index is 13.2. The molecule has 4 rings (SSSR count). The molecular formula is C21H18Cl2N2O5S2. The number of sulfonamides is 2. The lowest BCUT2D eigenvalue weighted by Crippen LogP contribution is -2.29. The van der Waals surface area contributed by atoms with E-state index in [2.05, 4.69) is 4.72 Å². The summed E-state index contributed by atoms with van der Waals surface area (Å²) in [7, 11) is -6.53. The molecule has 0 saturated heterocycles. The quantitative estimate of drug-likeness (QED) is 0.522. The third-order valence-electron chi connectivity index (χ3n) is 5.01. The number of hydrogen-bond acceptors (Lipinski definition) is 5. The Labute approximate surface area is 196 Å². The van der Waals surface area contributed by atoms with Gasteiger partial charge in [0.05, 0.1) is 23.4 Å². The highest BCUT2D eigenvalue weighted by atomic mass is 35.5. The Bertz CT molecular complexity index is 1390. The second kappa shape index (κ2) is 8.47. The van der Waals surface area contributed by atoms with E-state index in [0.29, 0.717) is 17.1 Å². The number of hydrogen-bond donors (Lipinski definition) is 1. The van der Waals surface area contributed by atoms with Crippen LogP contribution in [-0.2, 0) is 26.5 Å². The molecule has 3 aromatic carbocycles. The Morgan fingerprint density at radius 1 is 0.906 bits per heavy atom. The van der Waals surface area contributed by atoms with Crippen molar-refractivity contribution in [3.8, 4) is 5.75 Å². The van der Waals surface area contributed by atoms with Crippen LogP contribution in [0.4, 0.5) is 11.4 Å². The third kappa shape index (κ3) is 4.25. The smallest absolute Gasteiger partial charge is 0.265 e. The summed E-state index contributed by atoms with van der Waals surface area (Å²) in [6.07, 6.45) is 0.511. The van der Waals surface area contributed by atoms with E-state index in [0.717, 1.165) is 5.56 Å². The molecule has 1 heterocycles. The third-order valence-corrected chi connectivity index (χ3v) is 8.72. The van der Waals surface area contributed by atoms with Gasteiger partial charge in [-0.2, -0.15) is 0 Å². The van der Waals surface area contributed by atoms with E-state index in [-0.39, 0.29) is 32.8 Å². The number of halogens is 2. The average molecular weight is 513 g/mol. The van der Waals surface area contributed by atoms with Crippen molar-refractivity contribution < 1.29 is 21.6 Å². The lowest BCUT2D eigenvalue weighted by Gasteiger charge is -2.20. The van der Waals surface area contributed by atoms with Crippen molar-refractivity contribution in [2.45, 2.75) is 16.2 Å². The molecule has 0 amide bonds. The lowest BCUT2D eigenvalue weighted by atomic mass is 10.1. The zero-order chi connectivity index (χ0) is 23.1. The predicted octanol–water partition coefficient (Wildman–Crippen LogP) is 4.55. The molecule has 0 bridgehead atoms. The van der Waals surface area contributed by atoms with Crippen LogP contribution in [0.5, 0.6) is 5.75 Å². The van der Waals surface area contributed by atoms with Gasteiger partial charge in [0.25, 0.3) is 20.0 Å². The maximum atomic E-state index is 13.2. The standard InChI is InChI=1S/C21H18Cl2N2O5S2/c1-30-20-9-5-16(23)12-21(20)31(26,27)24-17-6-2-14-10-11-25(19(14)13-17)32(28,29)18-7-3-15(22)4-8-18/h2-9,12-13,24H,10-11H2,1H3. The fourth-order valence-corrected chi connectivity index (χ4v) is 6.57. The van der Waals surface area contributed by atoms with Crippen LogP contribution in [0.1, 0.15) is 5.56 Å². The Kier molecular flexibility index (Phi) is 6.02. The summed E-state index contributed by atoms with van der Waals surface area (Å²) in [6.45, 7) is 0.249. The minimum Gasteiger partial charge on any atom is -0.495 e. The van der Waals surface area contributed by atoms with Crippen LogP contribution in [0, 0.1) is 0 Å². The highest BCUT2D eigenvalue weighted by Gasteiger charge is 2.31. The van der Waals surface area contributed by atoms with Gasteiger partial charge in [-0.25, -0.2) is 16.8 Å². The van der Waals surface area contributed by atoms with Gasteiger partial charge < -0.3 is 4.74 Å². The van der Waals surface area contributed by atoms with E-state index in [1.165, 1.54) is 59.9 Å². The molecule has 0 radical (unpaired) electrons. The van der Waals surface area contributed by atoms with Crippen LogP contribution in [0.2, 0.25) is 10.0 Å². The molecule has 0 saturated carbocycles. The van der Waals surface area contributed by atoms with E-state index in [4.69, 9.17) is 27.9 Å². The van der Waals surface area contributed by atoms with Gasteiger partial charge in [-0.05, 0) is 66.6 Å².